The van der Waals surface area contributed by atoms with Gasteiger partial charge in [-0.1, -0.05) is 6.92 Å². The molecule has 1 aromatic rings. The highest BCUT2D eigenvalue weighted by molar-refractivity contribution is 7.84. The molecule has 1 heterocycles. The number of halogens is 2. The molecule has 2 atom stereocenters. The fraction of sp³-hybridized carbons (Fsp3) is 0.583. The Hall–Kier alpha value is -1.24. The molecule has 0 bridgehead atoms. The number of rotatable bonds is 7. The van der Waals surface area contributed by atoms with E-state index in [-0.39, 0.29) is 17.7 Å². The van der Waals surface area contributed by atoms with Gasteiger partial charge >= 0.3 is 0 Å². The molecule has 2 unspecified atom stereocenters. The zero-order valence-electron chi connectivity index (χ0n) is 11.3. The van der Waals surface area contributed by atoms with E-state index in [9.17, 15) is 13.0 Å². The highest BCUT2D eigenvalue weighted by Crippen LogP contribution is 2.19. The van der Waals surface area contributed by atoms with Gasteiger partial charge in [0, 0.05) is 41.5 Å². The van der Waals surface area contributed by atoms with Gasteiger partial charge in [-0.05, 0) is 13.3 Å². The van der Waals surface area contributed by atoms with E-state index in [4.69, 9.17) is 0 Å². The maximum Gasteiger partial charge on any atom is 0.168 e. The van der Waals surface area contributed by atoms with Crippen molar-refractivity contribution in [2.24, 2.45) is 0 Å². The summed E-state index contributed by atoms with van der Waals surface area (Å²) in [4.78, 5) is 3.89. The smallest absolute Gasteiger partial charge is 0.168 e. The van der Waals surface area contributed by atoms with Crippen molar-refractivity contribution < 1.29 is 13.0 Å². The summed E-state index contributed by atoms with van der Waals surface area (Å²) in [5.41, 5.74) is 0. The molecule has 0 aromatic carbocycles. The molecule has 0 saturated carbocycles. The quantitative estimate of drug-likeness (QED) is 0.810. The second kappa shape index (κ2) is 7.37. The minimum atomic E-state index is -0.993. The number of pyridine rings is 1. The fourth-order valence-corrected chi connectivity index (χ4v) is 2.35. The molecule has 4 nitrogen and oxygen atoms in total. The summed E-state index contributed by atoms with van der Waals surface area (Å²) < 4.78 is 38.1. The van der Waals surface area contributed by atoms with Crippen LogP contribution in [0.15, 0.2) is 6.07 Å². The molecule has 0 amide bonds. The first-order valence-corrected chi connectivity index (χ1v) is 7.83. The molecule has 0 saturated heterocycles. The summed E-state index contributed by atoms with van der Waals surface area (Å²) in [6.45, 7) is 4.26. The Labute approximate surface area is 114 Å². The zero-order chi connectivity index (χ0) is 14.4. The van der Waals surface area contributed by atoms with Crippen molar-refractivity contribution in [2.45, 2.75) is 26.3 Å². The standard InChI is InChI=1S/C12H19F2N3OS/c1-4-5-15-11-9(13)6-10(14)12(17-11)16-8(2)7-19(3)18/h6,8H,4-5,7H2,1-3H3,(H2,15,16,17). The lowest BCUT2D eigenvalue weighted by Crippen LogP contribution is -2.24. The molecule has 0 fully saturated rings. The van der Waals surface area contributed by atoms with Crippen LogP contribution < -0.4 is 10.6 Å². The van der Waals surface area contributed by atoms with Crippen molar-refractivity contribution in [3.8, 4) is 0 Å². The van der Waals surface area contributed by atoms with E-state index >= 15 is 0 Å². The van der Waals surface area contributed by atoms with Crippen LogP contribution in [0, 0.1) is 11.6 Å². The second-order valence-corrected chi connectivity index (χ2v) is 5.84. The van der Waals surface area contributed by atoms with Crippen molar-refractivity contribution >= 4 is 22.4 Å². The number of anilines is 2. The first-order valence-electron chi connectivity index (χ1n) is 6.10. The molecular weight excluding hydrogens is 272 g/mol. The van der Waals surface area contributed by atoms with Gasteiger partial charge in [-0.2, -0.15) is 0 Å². The van der Waals surface area contributed by atoms with Gasteiger partial charge in [-0.25, -0.2) is 13.8 Å². The van der Waals surface area contributed by atoms with Gasteiger partial charge in [0.15, 0.2) is 23.3 Å². The molecular formula is C12H19F2N3OS. The monoisotopic (exact) mass is 291 g/mol. The third-order valence-corrected chi connectivity index (χ3v) is 3.31. The molecule has 2 N–H and O–H groups in total. The fourth-order valence-electron chi connectivity index (χ4n) is 1.56. The van der Waals surface area contributed by atoms with E-state index in [0.29, 0.717) is 12.3 Å². The predicted molar refractivity (Wildman–Crippen MR) is 75.0 cm³/mol. The summed E-state index contributed by atoms with van der Waals surface area (Å²) >= 11 is 0. The van der Waals surface area contributed by atoms with Crippen molar-refractivity contribution in [3.05, 3.63) is 17.7 Å². The molecule has 7 heteroatoms. The van der Waals surface area contributed by atoms with Crippen molar-refractivity contribution in [2.75, 3.05) is 29.2 Å². The molecule has 0 radical (unpaired) electrons. The summed E-state index contributed by atoms with van der Waals surface area (Å²) in [7, 11) is -0.993. The Bertz CT molecular complexity index is 457. The molecule has 0 aliphatic heterocycles. The van der Waals surface area contributed by atoms with E-state index in [1.165, 1.54) is 0 Å². The molecule has 1 aromatic heterocycles. The molecule has 108 valence electrons. The van der Waals surface area contributed by atoms with E-state index in [2.05, 4.69) is 15.6 Å². The highest BCUT2D eigenvalue weighted by Gasteiger charge is 2.14. The third kappa shape index (κ3) is 5.10. The van der Waals surface area contributed by atoms with E-state index in [1.807, 2.05) is 6.92 Å². The Morgan fingerprint density at radius 3 is 2.58 bits per heavy atom. The lowest BCUT2D eigenvalue weighted by molar-refractivity contribution is 0.576. The first kappa shape index (κ1) is 15.8. The third-order valence-electron chi connectivity index (χ3n) is 2.34. The Kier molecular flexibility index (Phi) is 6.14. The first-order chi connectivity index (χ1) is 8.93. The van der Waals surface area contributed by atoms with Crippen LogP contribution in [0.5, 0.6) is 0 Å². The minimum Gasteiger partial charge on any atom is -0.368 e. The van der Waals surface area contributed by atoms with Crippen LogP contribution in [0.25, 0.3) is 0 Å². The predicted octanol–water partition coefficient (Wildman–Crippen LogP) is 2.36. The van der Waals surface area contributed by atoms with Crippen LogP contribution in [0.3, 0.4) is 0 Å². The van der Waals surface area contributed by atoms with Gasteiger partial charge in [-0.15, -0.1) is 0 Å². The zero-order valence-corrected chi connectivity index (χ0v) is 12.1. The largest absolute Gasteiger partial charge is 0.368 e. The van der Waals surface area contributed by atoms with Gasteiger partial charge in [0.2, 0.25) is 0 Å². The Morgan fingerprint density at radius 1 is 1.37 bits per heavy atom. The average molecular weight is 291 g/mol. The van der Waals surface area contributed by atoms with Gasteiger partial charge in [0.05, 0.1) is 0 Å². The molecule has 0 aliphatic carbocycles. The Morgan fingerprint density at radius 2 is 2.00 bits per heavy atom. The summed E-state index contributed by atoms with van der Waals surface area (Å²) in [5, 5.41) is 5.59. The maximum absolute atomic E-state index is 13.6. The summed E-state index contributed by atoms with van der Waals surface area (Å²) in [5.74, 6) is -1.11. The lowest BCUT2D eigenvalue weighted by Gasteiger charge is -2.15. The second-order valence-electron chi connectivity index (χ2n) is 4.36. The minimum absolute atomic E-state index is 0.0237. The lowest BCUT2D eigenvalue weighted by atomic mass is 10.3. The van der Waals surface area contributed by atoms with Crippen LogP contribution >= 0.6 is 0 Å². The van der Waals surface area contributed by atoms with Crippen molar-refractivity contribution in [1.29, 1.82) is 0 Å². The SMILES string of the molecule is CCCNc1nc(NC(C)CS(C)=O)c(F)cc1F. The molecule has 0 spiro atoms. The van der Waals surface area contributed by atoms with Crippen LogP contribution in [-0.4, -0.2) is 33.8 Å². The van der Waals surface area contributed by atoms with Crippen molar-refractivity contribution in [1.82, 2.24) is 4.98 Å². The van der Waals surface area contributed by atoms with Crippen LogP contribution in [0.4, 0.5) is 20.4 Å². The number of nitrogens with one attached hydrogen (secondary N) is 2. The van der Waals surface area contributed by atoms with Gasteiger partial charge < -0.3 is 10.6 Å². The van der Waals surface area contributed by atoms with E-state index in [0.717, 1.165) is 12.5 Å². The molecule has 19 heavy (non-hydrogen) atoms. The van der Waals surface area contributed by atoms with Gasteiger partial charge in [0.1, 0.15) is 0 Å². The number of hydrogen-bond donors (Lipinski definition) is 2. The van der Waals surface area contributed by atoms with Gasteiger partial charge in [0.25, 0.3) is 0 Å². The molecule has 1 rings (SSSR count). The summed E-state index contributed by atoms with van der Waals surface area (Å²) in [6.07, 6.45) is 2.38. The van der Waals surface area contributed by atoms with Crippen LogP contribution in [-0.2, 0) is 10.8 Å². The van der Waals surface area contributed by atoms with Gasteiger partial charge in [-0.3, -0.25) is 4.21 Å². The van der Waals surface area contributed by atoms with Crippen molar-refractivity contribution in [3.63, 3.8) is 0 Å². The van der Waals surface area contributed by atoms with E-state index in [1.54, 1.807) is 13.2 Å². The number of aromatic nitrogens is 1. The maximum atomic E-state index is 13.6. The normalized spacial score (nSPS) is 13.9. The molecule has 0 aliphatic rings. The average Bonchev–Trinajstić information content (AvgIpc) is 2.30. The number of hydrogen-bond acceptors (Lipinski definition) is 4. The number of nitrogens with zero attached hydrogens (tertiary/aromatic N) is 1. The summed E-state index contributed by atoms with van der Waals surface area (Å²) in [6, 6.07) is 0.584. The van der Waals surface area contributed by atoms with Crippen LogP contribution in [0.2, 0.25) is 0 Å². The van der Waals surface area contributed by atoms with Crippen LogP contribution in [0.1, 0.15) is 20.3 Å². The Balaban J connectivity index is 2.84. The van der Waals surface area contributed by atoms with E-state index < -0.39 is 22.4 Å². The topological polar surface area (TPSA) is 54.0 Å². The highest BCUT2D eigenvalue weighted by atomic mass is 32.2.